The lowest BCUT2D eigenvalue weighted by Gasteiger charge is -2.34. The predicted octanol–water partition coefficient (Wildman–Crippen LogP) is 1.62. The van der Waals surface area contributed by atoms with Crippen molar-refractivity contribution in [1.82, 2.24) is 30.0 Å². The molecule has 1 saturated heterocycles. The van der Waals surface area contributed by atoms with Crippen LogP contribution in [0.2, 0.25) is 0 Å². The van der Waals surface area contributed by atoms with Crippen LogP contribution < -0.4 is 5.32 Å². The Morgan fingerprint density at radius 3 is 2.77 bits per heavy atom. The molecule has 1 aromatic carbocycles. The first-order valence-electron chi connectivity index (χ1n) is 10.1. The van der Waals surface area contributed by atoms with Crippen molar-refractivity contribution in [2.75, 3.05) is 13.1 Å². The van der Waals surface area contributed by atoms with E-state index in [-0.39, 0.29) is 17.9 Å². The number of pyridine rings is 1. The standard InChI is InChI=1S/C22H22N6O3/c1-13-16(4-5-17-18(13)11-31-22(17)30)19-9-27(10-21(29)25-19)8-15-3-6-20(23-7-15)28-12-24-14(2)26-28/h3-7,12,19H,8-11H2,1-2H3,(H,25,29). The molecule has 0 spiro atoms. The van der Waals surface area contributed by atoms with E-state index in [1.807, 2.05) is 32.0 Å². The normalized spacial score (nSPS) is 18.6. The van der Waals surface area contributed by atoms with Crippen molar-refractivity contribution in [2.24, 2.45) is 0 Å². The summed E-state index contributed by atoms with van der Waals surface area (Å²) in [5.74, 6) is 1.08. The first kappa shape index (κ1) is 19.4. The minimum absolute atomic E-state index is 0.0221. The van der Waals surface area contributed by atoms with Crippen LogP contribution in [0.4, 0.5) is 0 Å². The number of hydrogen-bond donors (Lipinski definition) is 1. The van der Waals surface area contributed by atoms with Gasteiger partial charge < -0.3 is 10.1 Å². The summed E-state index contributed by atoms with van der Waals surface area (Å²) in [5.41, 5.74) is 4.57. The van der Waals surface area contributed by atoms with Gasteiger partial charge in [-0.1, -0.05) is 12.1 Å². The molecule has 3 aromatic rings. The second-order valence-electron chi connectivity index (χ2n) is 7.93. The molecule has 9 heteroatoms. The van der Waals surface area contributed by atoms with Gasteiger partial charge in [0.1, 0.15) is 18.8 Å². The van der Waals surface area contributed by atoms with Crippen molar-refractivity contribution in [3.05, 3.63) is 70.4 Å². The number of amides is 1. The van der Waals surface area contributed by atoms with E-state index in [0.29, 0.717) is 43.4 Å². The van der Waals surface area contributed by atoms with Crippen LogP contribution in [-0.4, -0.2) is 49.6 Å². The molecule has 1 unspecified atom stereocenters. The molecule has 1 N–H and O–H groups in total. The van der Waals surface area contributed by atoms with E-state index >= 15 is 0 Å². The fourth-order valence-corrected chi connectivity index (χ4v) is 4.21. The molecular formula is C22H22N6O3. The van der Waals surface area contributed by atoms with Gasteiger partial charge in [-0.2, -0.15) is 5.10 Å². The lowest BCUT2D eigenvalue weighted by Crippen LogP contribution is -2.49. The lowest BCUT2D eigenvalue weighted by atomic mass is 9.93. The maximum atomic E-state index is 12.4. The number of cyclic esters (lactones) is 1. The van der Waals surface area contributed by atoms with E-state index in [2.05, 4.69) is 25.3 Å². The highest BCUT2D eigenvalue weighted by Crippen LogP contribution is 2.30. The van der Waals surface area contributed by atoms with E-state index in [1.165, 1.54) is 0 Å². The summed E-state index contributed by atoms with van der Waals surface area (Å²) < 4.78 is 6.79. The van der Waals surface area contributed by atoms with E-state index in [4.69, 9.17) is 4.74 Å². The van der Waals surface area contributed by atoms with Crippen LogP contribution in [0, 0.1) is 13.8 Å². The Morgan fingerprint density at radius 2 is 2.03 bits per heavy atom. The number of hydrogen-bond acceptors (Lipinski definition) is 7. The van der Waals surface area contributed by atoms with E-state index in [1.54, 1.807) is 23.3 Å². The SMILES string of the molecule is Cc1ncn(-c2ccc(CN3CC(=O)NC(c4ccc5c(c4C)COC5=O)C3)cn2)n1. The second-order valence-corrected chi connectivity index (χ2v) is 7.93. The summed E-state index contributed by atoms with van der Waals surface area (Å²) in [6.07, 6.45) is 3.44. The van der Waals surface area contributed by atoms with E-state index in [0.717, 1.165) is 22.3 Å². The number of carbonyl (C=O) groups is 2. The summed E-state index contributed by atoms with van der Waals surface area (Å²) in [7, 11) is 0. The number of aryl methyl sites for hydroxylation is 1. The molecule has 4 heterocycles. The molecule has 0 bridgehead atoms. The quantitative estimate of drug-likeness (QED) is 0.643. The molecule has 2 aromatic heterocycles. The van der Waals surface area contributed by atoms with Crippen molar-refractivity contribution >= 4 is 11.9 Å². The third-order valence-corrected chi connectivity index (χ3v) is 5.78. The highest BCUT2D eigenvalue weighted by atomic mass is 16.5. The fraction of sp³-hybridized carbons (Fsp3) is 0.318. The highest BCUT2D eigenvalue weighted by molar-refractivity contribution is 5.94. The Labute approximate surface area is 179 Å². The third kappa shape index (κ3) is 3.68. The van der Waals surface area contributed by atoms with E-state index < -0.39 is 0 Å². The van der Waals surface area contributed by atoms with Crippen LogP contribution in [0.5, 0.6) is 0 Å². The lowest BCUT2D eigenvalue weighted by molar-refractivity contribution is -0.125. The molecule has 31 heavy (non-hydrogen) atoms. The summed E-state index contributed by atoms with van der Waals surface area (Å²) in [4.78, 5) is 34.9. The van der Waals surface area contributed by atoms with Gasteiger partial charge in [0.15, 0.2) is 5.82 Å². The predicted molar refractivity (Wildman–Crippen MR) is 110 cm³/mol. The highest BCUT2D eigenvalue weighted by Gasteiger charge is 2.30. The van der Waals surface area contributed by atoms with Gasteiger partial charge in [-0.3, -0.25) is 9.69 Å². The molecule has 5 rings (SSSR count). The van der Waals surface area contributed by atoms with Crippen LogP contribution in [-0.2, 0) is 22.7 Å². The smallest absolute Gasteiger partial charge is 0.338 e. The van der Waals surface area contributed by atoms with Crippen LogP contribution >= 0.6 is 0 Å². The molecule has 2 aliphatic heterocycles. The Hall–Kier alpha value is -3.59. The Kier molecular flexibility index (Phi) is 4.74. The number of piperazine rings is 1. The van der Waals surface area contributed by atoms with Crippen LogP contribution in [0.25, 0.3) is 5.82 Å². The monoisotopic (exact) mass is 418 g/mol. The molecule has 0 radical (unpaired) electrons. The molecule has 2 aliphatic rings. The Balaban J connectivity index is 1.32. The van der Waals surface area contributed by atoms with Crippen LogP contribution in [0.15, 0.2) is 36.8 Å². The molecule has 1 atom stereocenters. The number of ether oxygens (including phenoxy) is 1. The number of esters is 1. The van der Waals surface area contributed by atoms with Crippen molar-refractivity contribution in [3.8, 4) is 5.82 Å². The first-order chi connectivity index (χ1) is 15.0. The average molecular weight is 418 g/mol. The molecule has 9 nitrogen and oxygen atoms in total. The number of benzene rings is 1. The zero-order valence-electron chi connectivity index (χ0n) is 17.3. The number of aromatic nitrogens is 4. The van der Waals surface area contributed by atoms with Gasteiger partial charge in [-0.15, -0.1) is 0 Å². The second kappa shape index (κ2) is 7.59. The number of rotatable bonds is 4. The van der Waals surface area contributed by atoms with Gasteiger partial charge in [-0.25, -0.2) is 19.4 Å². The zero-order valence-corrected chi connectivity index (χ0v) is 17.3. The maximum Gasteiger partial charge on any atom is 0.338 e. The summed E-state index contributed by atoms with van der Waals surface area (Å²) in [6, 6.07) is 7.46. The Morgan fingerprint density at radius 1 is 1.16 bits per heavy atom. The van der Waals surface area contributed by atoms with Gasteiger partial charge in [0.05, 0.1) is 18.2 Å². The summed E-state index contributed by atoms with van der Waals surface area (Å²) in [6.45, 7) is 5.71. The minimum atomic E-state index is -0.282. The van der Waals surface area contributed by atoms with Gasteiger partial charge in [-0.05, 0) is 42.7 Å². The number of carbonyl (C=O) groups excluding carboxylic acids is 2. The fourth-order valence-electron chi connectivity index (χ4n) is 4.21. The van der Waals surface area contributed by atoms with Gasteiger partial charge in [0.2, 0.25) is 5.91 Å². The zero-order chi connectivity index (χ0) is 21.5. The molecule has 1 fully saturated rings. The van der Waals surface area contributed by atoms with E-state index in [9.17, 15) is 9.59 Å². The van der Waals surface area contributed by atoms with Crippen molar-refractivity contribution in [2.45, 2.75) is 33.0 Å². The number of fused-ring (bicyclic) bond motifs is 1. The van der Waals surface area contributed by atoms with Crippen molar-refractivity contribution in [3.63, 3.8) is 0 Å². The molecular weight excluding hydrogens is 396 g/mol. The summed E-state index contributed by atoms with van der Waals surface area (Å²) >= 11 is 0. The number of nitrogens with zero attached hydrogens (tertiary/aromatic N) is 5. The van der Waals surface area contributed by atoms with Crippen LogP contribution in [0.3, 0.4) is 0 Å². The first-order valence-corrected chi connectivity index (χ1v) is 10.1. The van der Waals surface area contributed by atoms with Crippen LogP contribution in [0.1, 0.15) is 44.5 Å². The molecule has 0 saturated carbocycles. The van der Waals surface area contributed by atoms with Crippen molar-refractivity contribution < 1.29 is 14.3 Å². The summed E-state index contributed by atoms with van der Waals surface area (Å²) in [5, 5.41) is 7.35. The Bertz CT molecular complexity index is 1170. The molecule has 1 amide bonds. The third-order valence-electron chi connectivity index (χ3n) is 5.78. The molecule has 0 aliphatic carbocycles. The van der Waals surface area contributed by atoms with Gasteiger partial charge >= 0.3 is 5.97 Å². The van der Waals surface area contributed by atoms with Gasteiger partial charge in [0.25, 0.3) is 0 Å². The number of nitrogens with one attached hydrogen (secondary N) is 1. The van der Waals surface area contributed by atoms with Gasteiger partial charge in [0, 0.05) is 24.8 Å². The largest absolute Gasteiger partial charge is 0.457 e. The maximum absolute atomic E-state index is 12.4. The minimum Gasteiger partial charge on any atom is -0.457 e. The molecule has 158 valence electrons. The topological polar surface area (TPSA) is 102 Å². The van der Waals surface area contributed by atoms with Crippen molar-refractivity contribution in [1.29, 1.82) is 0 Å². The average Bonchev–Trinajstić information content (AvgIpc) is 3.35.